The zero-order valence-electron chi connectivity index (χ0n) is 20.7. The van der Waals surface area contributed by atoms with E-state index in [1.54, 1.807) is 60.4 Å². The summed E-state index contributed by atoms with van der Waals surface area (Å²) in [7, 11) is 2.99. The lowest BCUT2D eigenvalue weighted by Gasteiger charge is -2.28. The summed E-state index contributed by atoms with van der Waals surface area (Å²) < 4.78 is 61.7. The van der Waals surface area contributed by atoms with Crippen molar-refractivity contribution in [3.8, 4) is 23.0 Å². The van der Waals surface area contributed by atoms with Crippen LogP contribution in [0.3, 0.4) is 0 Å². The number of halogens is 3. The first kappa shape index (κ1) is 25.2. The number of methoxy groups -OCH3 is 2. The maximum atomic E-state index is 13.2. The fourth-order valence-corrected chi connectivity index (χ4v) is 4.55. The highest BCUT2D eigenvalue weighted by Gasteiger charge is 2.45. The third kappa shape index (κ3) is 4.65. The van der Waals surface area contributed by atoms with Gasteiger partial charge in [-0.2, -0.15) is 13.2 Å². The first-order chi connectivity index (χ1) is 18.2. The predicted molar refractivity (Wildman–Crippen MR) is 134 cm³/mol. The van der Waals surface area contributed by atoms with Crippen LogP contribution in [0, 0.1) is 6.92 Å². The van der Waals surface area contributed by atoms with Crippen molar-refractivity contribution in [2.24, 2.45) is 0 Å². The Morgan fingerprint density at radius 2 is 1.68 bits per heavy atom. The minimum absolute atomic E-state index is 0.00474. The molecule has 0 amide bonds. The van der Waals surface area contributed by atoms with E-state index >= 15 is 0 Å². The normalized spacial score (nSPS) is 14.8. The molecule has 0 spiro atoms. The van der Waals surface area contributed by atoms with Crippen molar-refractivity contribution in [2.75, 3.05) is 19.1 Å². The Morgan fingerprint density at radius 3 is 2.37 bits per heavy atom. The molecule has 0 radical (unpaired) electrons. The summed E-state index contributed by atoms with van der Waals surface area (Å²) in [5, 5.41) is 0.571. The van der Waals surface area contributed by atoms with Crippen LogP contribution in [-0.4, -0.2) is 37.6 Å². The summed E-state index contributed by atoms with van der Waals surface area (Å²) in [6.45, 7) is 1.75. The molecule has 1 aliphatic rings. The Kier molecular flexibility index (Phi) is 6.48. The zero-order valence-corrected chi connectivity index (χ0v) is 20.7. The van der Waals surface area contributed by atoms with Gasteiger partial charge in [-0.15, -0.1) is 0 Å². The van der Waals surface area contributed by atoms with Gasteiger partial charge in [0.25, 0.3) is 0 Å². The van der Waals surface area contributed by atoms with E-state index in [1.165, 1.54) is 14.2 Å². The molecular formula is C28H23F3N2O5. The van der Waals surface area contributed by atoms with Crippen LogP contribution >= 0.6 is 0 Å². The Balaban J connectivity index is 1.69. The van der Waals surface area contributed by atoms with Gasteiger partial charge in [0.05, 0.1) is 19.9 Å². The van der Waals surface area contributed by atoms with E-state index in [1.807, 2.05) is 18.2 Å². The molecule has 0 aliphatic carbocycles. The number of para-hydroxylation sites is 1. The van der Waals surface area contributed by atoms with Crippen LogP contribution in [0.15, 0.2) is 66.7 Å². The van der Waals surface area contributed by atoms with E-state index in [4.69, 9.17) is 18.9 Å². The number of benzene rings is 3. The quantitative estimate of drug-likeness (QED) is 0.268. The number of nitrogens with zero attached hydrogens (tertiary/aromatic N) is 2. The molecule has 3 aromatic carbocycles. The molecule has 0 saturated carbocycles. The summed E-state index contributed by atoms with van der Waals surface area (Å²) in [6.07, 6.45) is -6.44. The summed E-state index contributed by atoms with van der Waals surface area (Å²) in [5.41, 5.74) is 2.71. The van der Waals surface area contributed by atoms with Gasteiger partial charge in [0.1, 0.15) is 28.5 Å². The number of pyridine rings is 1. The van der Waals surface area contributed by atoms with E-state index in [0.717, 1.165) is 0 Å². The second kappa shape index (κ2) is 9.77. The van der Waals surface area contributed by atoms with Gasteiger partial charge in [-0.25, -0.2) is 9.78 Å². The molecule has 196 valence electrons. The summed E-state index contributed by atoms with van der Waals surface area (Å²) in [6, 6.07) is 19.3. The van der Waals surface area contributed by atoms with E-state index in [0.29, 0.717) is 56.5 Å². The van der Waals surface area contributed by atoms with Gasteiger partial charge in [0.15, 0.2) is 6.23 Å². The van der Waals surface area contributed by atoms with E-state index in [2.05, 4.69) is 4.98 Å². The molecule has 0 saturated heterocycles. The SMILES string of the molecule is COc1cc(OC)c2nc(C)c3c(c2c1)N(c1cccc(Oc2ccccc2)c1)C(OC(=O)C(F)(F)F)C3. The molecule has 1 aliphatic heterocycles. The van der Waals surface area contributed by atoms with Crippen molar-refractivity contribution in [1.29, 1.82) is 0 Å². The Bertz CT molecular complexity index is 1510. The second-order valence-electron chi connectivity index (χ2n) is 8.59. The number of esters is 1. The summed E-state index contributed by atoms with van der Waals surface area (Å²) in [4.78, 5) is 18.2. The van der Waals surface area contributed by atoms with Crippen LogP contribution in [0.25, 0.3) is 10.9 Å². The van der Waals surface area contributed by atoms with Crippen molar-refractivity contribution >= 4 is 28.2 Å². The standard InChI is InChI=1S/C28H23F3N2O5/c1-16-21-15-24(38-27(34)28(29,30)31)33(17-8-7-11-19(12-17)37-18-9-5-4-6-10-18)26(21)22-13-20(35-2)14-23(36-3)25(22)32-16/h4-14,24H,15H2,1-3H3. The monoisotopic (exact) mass is 524 g/mol. The molecule has 2 heterocycles. The van der Waals surface area contributed by atoms with Crippen LogP contribution < -0.4 is 19.1 Å². The number of ether oxygens (including phenoxy) is 4. The molecule has 7 nitrogen and oxygen atoms in total. The van der Waals surface area contributed by atoms with Crippen LogP contribution in [-0.2, 0) is 16.0 Å². The number of aromatic nitrogens is 1. The highest BCUT2D eigenvalue weighted by Crippen LogP contribution is 2.47. The van der Waals surface area contributed by atoms with Gasteiger partial charge in [-0.1, -0.05) is 24.3 Å². The minimum Gasteiger partial charge on any atom is -0.497 e. The number of alkyl halides is 3. The van der Waals surface area contributed by atoms with Crippen molar-refractivity contribution < 1.29 is 36.9 Å². The number of carbonyl (C=O) groups is 1. The van der Waals surface area contributed by atoms with Crippen LogP contribution in [0.1, 0.15) is 11.3 Å². The first-order valence-electron chi connectivity index (χ1n) is 11.6. The number of anilines is 2. The van der Waals surface area contributed by atoms with Gasteiger partial charge in [0, 0.05) is 40.9 Å². The van der Waals surface area contributed by atoms with E-state index in [9.17, 15) is 18.0 Å². The molecule has 38 heavy (non-hydrogen) atoms. The smallest absolute Gasteiger partial charge is 0.491 e. The van der Waals surface area contributed by atoms with Crippen LogP contribution in [0.5, 0.6) is 23.0 Å². The van der Waals surface area contributed by atoms with Gasteiger partial charge in [-0.05, 0) is 37.3 Å². The molecule has 0 bridgehead atoms. The number of hydrogen-bond acceptors (Lipinski definition) is 7. The average Bonchev–Trinajstić information content (AvgIpc) is 3.28. The number of rotatable bonds is 6. The molecule has 5 rings (SSSR count). The van der Waals surface area contributed by atoms with Gasteiger partial charge in [-0.3, -0.25) is 0 Å². The van der Waals surface area contributed by atoms with Gasteiger partial charge >= 0.3 is 12.1 Å². The highest BCUT2D eigenvalue weighted by atomic mass is 19.4. The lowest BCUT2D eigenvalue weighted by Crippen LogP contribution is -2.37. The number of carbonyl (C=O) groups excluding carboxylic acids is 1. The Labute approximate surface area is 216 Å². The lowest BCUT2D eigenvalue weighted by atomic mass is 10.0. The Hall–Kier alpha value is -4.47. The van der Waals surface area contributed by atoms with Gasteiger partial charge in [0.2, 0.25) is 0 Å². The fourth-order valence-electron chi connectivity index (χ4n) is 4.55. The lowest BCUT2D eigenvalue weighted by molar-refractivity contribution is -0.204. The average molecular weight is 524 g/mol. The summed E-state index contributed by atoms with van der Waals surface area (Å²) >= 11 is 0. The molecule has 0 fully saturated rings. The topological polar surface area (TPSA) is 70.1 Å². The van der Waals surface area contributed by atoms with Crippen LogP contribution in [0.2, 0.25) is 0 Å². The summed E-state index contributed by atoms with van der Waals surface area (Å²) in [5.74, 6) is -0.331. The Morgan fingerprint density at radius 1 is 0.947 bits per heavy atom. The van der Waals surface area contributed by atoms with Crippen molar-refractivity contribution in [3.63, 3.8) is 0 Å². The maximum Gasteiger partial charge on any atom is 0.491 e. The van der Waals surface area contributed by atoms with E-state index < -0.39 is 18.4 Å². The first-order valence-corrected chi connectivity index (χ1v) is 11.6. The maximum absolute atomic E-state index is 13.2. The number of hydrogen-bond donors (Lipinski definition) is 0. The molecule has 1 aromatic heterocycles. The van der Waals surface area contributed by atoms with Crippen molar-refractivity contribution in [3.05, 3.63) is 78.0 Å². The zero-order chi connectivity index (χ0) is 27.0. The molecule has 4 aromatic rings. The number of aryl methyl sites for hydroxylation is 1. The highest BCUT2D eigenvalue weighted by molar-refractivity contribution is 6.01. The molecular weight excluding hydrogens is 501 g/mol. The molecule has 1 atom stereocenters. The van der Waals surface area contributed by atoms with Crippen LogP contribution in [0.4, 0.5) is 24.5 Å². The minimum atomic E-state index is -5.15. The predicted octanol–water partition coefficient (Wildman–Crippen LogP) is 6.48. The third-order valence-corrected chi connectivity index (χ3v) is 6.22. The molecule has 1 unspecified atom stereocenters. The van der Waals surface area contributed by atoms with Crippen molar-refractivity contribution in [2.45, 2.75) is 25.7 Å². The van der Waals surface area contributed by atoms with Crippen molar-refractivity contribution in [1.82, 2.24) is 4.98 Å². The number of fused-ring (bicyclic) bond motifs is 3. The molecule has 10 heteroatoms. The van der Waals surface area contributed by atoms with E-state index in [-0.39, 0.29) is 6.42 Å². The molecule has 0 N–H and O–H groups in total. The third-order valence-electron chi connectivity index (χ3n) is 6.22. The fraction of sp³-hybridized carbons (Fsp3) is 0.214. The second-order valence-corrected chi connectivity index (χ2v) is 8.59. The van der Waals surface area contributed by atoms with Gasteiger partial charge < -0.3 is 23.8 Å². The largest absolute Gasteiger partial charge is 0.497 e.